The number of rotatable bonds is 2. The number of amides is 2. The standard InChI is InChI=1S/C23H38N2O2/c1-14(26)24-17-9-11-22(3)16(13-17)5-6-18-19-7-8-21(25-15(2)27)23(19,4)12-10-20(18)22/h16-21H,5-13H2,1-4H3,(H,24,26)(H,25,27)/t16?,17-,18?,19?,20?,21+,22+,23+/m0/s1. The second kappa shape index (κ2) is 6.77. The minimum Gasteiger partial charge on any atom is -0.354 e. The molecule has 4 aliphatic rings. The number of hydrogen-bond acceptors (Lipinski definition) is 2. The van der Waals surface area contributed by atoms with E-state index in [2.05, 4.69) is 24.5 Å². The molecule has 0 aromatic carbocycles. The molecule has 4 aliphatic carbocycles. The molecule has 0 aromatic heterocycles. The molecule has 0 spiro atoms. The number of nitrogens with one attached hydrogen (secondary N) is 2. The van der Waals surface area contributed by atoms with Crippen LogP contribution in [0.1, 0.15) is 85.5 Å². The highest BCUT2D eigenvalue weighted by atomic mass is 16.2. The summed E-state index contributed by atoms with van der Waals surface area (Å²) in [4.78, 5) is 23.2. The van der Waals surface area contributed by atoms with Crippen LogP contribution in [0, 0.1) is 34.5 Å². The van der Waals surface area contributed by atoms with Crippen LogP contribution in [-0.4, -0.2) is 23.9 Å². The van der Waals surface area contributed by atoms with Gasteiger partial charge in [-0.15, -0.1) is 0 Å². The van der Waals surface area contributed by atoms with Gasteiger partial charge < -0.3 is 10.6 Å². The smallest absolute Gasteiger partial charge is 0.217 e. The summed E-state index contributed by atoms with van der Waals surface area (Å²) in [6, 6.07) is 0.767. The zero-order chi connectivity index (χ0) is 19.4. The molecule has 4 fully saturated rings. The van der Waals surface area contributed by atoms with Gasteiger partial charge >= 0.3 is 0 Å². The quantitative estimate of drug-likeness (QED) is 0.766. The Labute approximate surface area is 164 Å². The Morgan fingerprint density at radius 3 is 2.15 bits per heavy atom. The van der Waals surface area contributed by atoms with Gasteiger partial charge in [-0.05, 0) is 92.3 Å². The fraction of sp³-hybridized carbons (Fsp3) is 0.913. The van der Waals surface area contributed by atoms with Crippen LogP contribution < -0.4 is 10.6 Å². The lowest BCUT2D eigenvalue weighted by Gasteiger charge is -2.61. The number of carbonyl (C=O) groups excluding carboxylic acids is 2. The molecule has 0 radical (unpaired) electrons. The summed E-state index contributed by atoms with van der Waals surface area (Å²) in [5.74, 6) is 3.47. The van der Waals surface area contributed by atoms with Crippen molar-refractivity contribution in [1.29, 1.82) is 0 Å². The zero-order valence-electron chi connectivity index (χ0n) is 17.6. The summed E-state index contributed by atoms with van der Waals surface area (Å²) < 4.78 is 0. The minimum absolute atomic E-state index is 0.126. The lowest BCUT2D eigenvalue weighted by Crippen LogP contribution is -2.57. The predicted molar refractivity (Wildman–Crippen MR) is 107 cm³/mol. The molecule has 0 aromatic rings. The highest BCUT2D eigenvalue weighted by molar-refractivity contribution is 5.73. The van der Waals surface area contributed by atoms with Crippen molar-refractivity contribution in [2.45, 2.75) is 97.6 Å². The fourth-order valence-corrected chi connectivity index (χ4v) is 8.16. The van der Waals surface area contributed by atoms with Gasteiger partial charge in [-0.2, -0.15) is 0 Å². The Morgan fingerprint density at radius 1 is 0.778 bits per heavy atom. The number of carbonyl (C=O) groups is 2. The first-order valence-electron chi connectivity index (χ1n) is 11.3. The van der Waals surface area contributed by atoms with Crippen LogP contribution in [0.15, 0.2) is 0 Å². The zero-order valence-corrected chi connectivity index (χ0v) is 17.6. The second-order valence-electron chi connectivity index (χ2n) is 10.7. The van der Waals surface area contributed by atoms with Crippen LogP contribution >= 0.6 is 0 Å². The van der Waals surface area contributed by atoms with Crippen molar-refractivity contribution in [2.75, 3.05) is 0 Å². The molecule has 0 bridgehead atoms. The molecule has 4 saturated carbocycles. The minimum atomic E-state index is 0.126. The van der Waals surface area contributed by atoms with Crippen molar-refractivity contribution in [2.24, 2.45) is 34.5 Å². The van der Waals surface area contributed by atoms with Crippen LogP contribution in [0.4, 0.5) is 0 Å². The molecule has 0 saturated heterocycles. The van der Waals surface area contributed by atoms with Crippen molar-refractivity contribution in [3.63, 3.8) is 0 Å². The van der Waals surface area contributed by atoms with E-state index in [1.54, 1.807) is 13.8 Å². The van der Waals surface area contributed by atoms with Gasteiger partial charge in [-0.3, -0.25) is 9.59 Å². The Morgan fingerprint density at radius 2 is 1.44 bits per heavy atom. The Bertz CT molecular complexity index is 619. The van der Waals surface area contributed by atoms with E-state index in [0.717, 1.165) is 36.5 Å². The summed E-state index contributed by atoms with van der Waals surface area (Å²) in [7, 11) is 0. The van der Waals surface area contributed by atoms with Gasteiger partial charge in [0.1, 0.15) is 0 Å². The molecule has 8 atom stereocenters. The normalized spacial score (nSPS) is 48.7. The highest BCUT2D eigenvalue weighted by Gasteiger charge is 2.60. The van der Waals surface area contributed by atoms with Crippen LogP contribution in [0.2, 0.25) is 0 Å². The molecule has 4 nitrogen and oxygen atoms in total. The molecule has 27 heavy (non-hydrogen) atoms. The van der Waals surface area contributed by atoms with Gasteiger partial charge in [0.2, 0.25) is 11.8 Å². The monoisotopic (exact) mass is 374 g/mol. The van der Waals surface area contributed by atoms with Gasteiger partial charge in [0.05, 0.1) is 0 Å². The number of hydrogen-bond donors (Lipinski definition) is 2. The van der Waals surface area contributed by atoms with Crippen LogP contribution in [0.3, 0.4) is 0 Å². The summed E-state index contributed by atoms with van der Waals surface area (Å²) in [6.07, 6.45) is 11.3. The summed E-state index contributed by atoms with van der Waals surface area (Å²) in [6.45, 7) is 8.35. The SMILES string of the molecule is CC(=O)N[C@H]1CC[C@]2(C)C(CCC3C2CC[C@]2(C)C3CC[C@H]2NC(C)=O)C1. The van der Waals surface area contributed by atoms with Crippen LogP contribution in [-0.2, 0) is 9.59 Å². The molecule has 2 amide bonds. The molecular weight excluding hydrogens is 336 g/mol. The Balaban J connectivity index is 1.51. The largest absolute Gasteiger partial charge is 0.354 e. The maximum absolute atomic E-state index is 11.7. The molecule has 2 N–H and O–H groups in total. The fourth-order valence-electron chi connectivity index (χ4n) is 8.16. The first-order chi connectivity index (χ1) is 12.7. The first-order valence-corrected chi connectivity index (χ1v) is 11.3. The maximum atomic E-state index is 11.7. The highest BCUT2D eigenvalue weighted by Crippen LogP contribution is 2.66. The van der Waals surface area contributed by atoms with E-state index in [1.807, 2.05) is 0 Å². The molecule has 4 unspecified atom stereocenters. The van der Waals surface area contributed by atoms with E-state index >= 15 is 0 Å². The van der Waals surface area contributed by atoms with Gasteiger partial charge in [0.25, 0.3) is 0 Å². The summed E-state index contributed by atoms with van der Waals surface area (Å²) in [5, 5.41) is 6.48. The molecular formula is C23H38N2O2. The third-order valence-electron chi connectivity index (χ3n) is 9.45. The van der Waals surface area contributed by atoms with Crippen molar-refractivity contribution < 1.29 is 9.59 Å². The average molecular weight is 375 g/mol. The topological polar surface area (TPSA) is 58.2 Å². The second-order valence-corrected chi connectivity index (χ2v) is 10.7. The van der Waals surface area contributed by atoms with Crippen molar-refractivity contribution in [1.82, 2.24) is 10.6 Å². The van der Waals surface area contributed by atoms with Crippen molar-refractivity contribution in [3.8, 4) is 0 Å². The van der Waals surface area contributed by atoms with Gasteiger partial charge in [-0.25, -0.2) is 0 Å². The molecule has 4 rings (SSSR count). The average Bonchev–Trinajstić information content (AvgIpc) is 2.91. The van der Waals surface area contributed by atoms with Crippen molar-refractivity contribution >= 4 is 11.8 Å². The molecule has 0 heterocycles. The molecule has 4 heteroatoms. The predicted octanol–water partition coefficient (Wildman–Crippen LogP) is 4.04. The molecule has 152 valence electrons. The van der Waals surface area contributed by atoms with Crippen LogP contribution in [0.5, 0.6) is 0 Å². The van der Waals surface area contributed by atoms with Gasteiger partial charge in [-0.1, -0.05) is 13.8 Å². The third-order valence-corrected chi connectivity index (χ3v) is 9.45. The van der Waals surface area contributed by atoms with Gasteiger partial charge in [0, 0.05) is 25.9 Å². The van der Waals surface area contributed by atoms with E-state index in [-0.39, 0.29) is 11.8 Å². The molecule has 0 aliphatic heterocycles. The van der Waals surface area contributed by atoms with E-state index in [9.17, 15) is 9.59 Å². The lowest BCUT2D eigenvalue weighted by atomic mass is 9.45. The van der Waals surface area contributed by atoms with Crippen LogP contribution in [0.25, 0.3) is 0 Å². The lowest BCUT2D eigenvalue weighted by molar-refractivity contribution is -0.126. The van der Waals surface area contributed by atoms with E-state index in [0.29, 0.717) is 22.9 Å². The van der Waals surface area contributed by atoms with Gasteiger partial charge in [0.15, 0.2) is 0 Å². The van der Waals surface area contributed by atoms with E-state index < -0.39 is 0 Å². The van der Waals surface area contributed by atoms with E-state index in [1.165, 1.54) is 44.9 Å². The Kier molecular flexibility index (Phi) is 4.83. The maximum Gasteiger partial charge on any atom is 0.217 e. The third kappa shape index (κ3) is 3.11. The number of fused-ring (bicyclic) bond motifs is 5. The Hall–Kier alpha value is -1.06. The first kappa shape index (κ1) is 19.3. The van der Waals surface area contributed by atoms with Crippen molar-refractivity contribution in [3.05, 3.63) is 0 Å². The summed E-state index contributed by atoms with van der Waals surface area (Å²) in [5.41, 5.74) is 0.745. The summed E-state index contributed by atoms with van der Waals surface area (Å²) >= 11 is 0. The van der Waals surface area contributed by atoms with E-state index in [4.69, 9.17) is 0 Å².